The van der Waals surface area contributed by atoms with E-state index in [2.05, 4.69) is 20.9 Å². The van der Waals surface area contributed by atoms with E-state index in [1.807, 2.05) is 30.3 Å². The first kappa shape index (κ1) is 31.8. The molecule has 0 heterocycles. The Bertz CT molecular complexity index is 997. The van der Waals surface area contributed by atoms with Gasteiger partial charge in [-0.25, -0.2) is 4.79 Å². The number of rotatable bonds is 16. The number of carbonyl (C=O) groups is 5. The van der Waals surface area contributed by atoms with Crippen molar-refractivity contribution >= 4 is 35.6 Å². The maximum Gasteiger partial charge on any atom is 0.326 e. The van der Waals surface area contributed by atoms with Gasteiger partial charge in [-0.2, -0.15) is 0 Å². The van der Waals surface area contributed by atoms with E-state index in [9.17, 15) is 29.1 Å². The summed E-state index contributed by atoms with van der Waals surface area (Å²) in [7, 11) is 0. The van der Waals surface area contributed by atoms with Gasteiger partial charge >= 0.3 is 5.97 Å². The molecule has 14 heteroatoms. The highest BCUT2D eigenvalue weighted by Gasteiger charge is 2.32. The van der Waals surface area contributed by atoms with Crippen molar-refractivity contribution < 1.29 is 29.1 Å². The van der Waals surface area contributed by atoms with Crippen LogP contribution >= 0.6 is 0 Å². The van der Waals surface area contributed by atoms with E-state index in [1.165, 1.54) is 0 Å². The summed E-state index contributed by atoms with van der Waals surface area (Å²) in [5.41, 5.74) is 22.6. The number of nitrogens with one attached hydrogen (secondary N) is 3. The van der Waals surface area contributed by atoms with Crippen molar-refractivity contribution in [3.05, 3.63) is 35.9 Å². The molecule has 4 unspecified atom stereocenters. The number of benzene rings is 1. The number of aliphatic carboxylic acids is 1. The molecule has 0 saturated carbocycles. The Labute approximate surface area is 221 Å². The molecule has 4 atom stereocenters. The summed E-state index contributed by atoms with van der Waals surface area (Å²) in [6.07, 6.45) is -0.123. The summed E-state index contributed by atoms with van der Waals surface area (Å²) in [6.45, 7) is 3.49. The molecule has 0 aromatic heterocycles. The molecular weight excluding hydrogens is 496 g/mol. The molecule has 0 spiro atoms. The topological polar surface area (TPSA) is 258 Å². The van der Waals surface area contributed by atoms with Gasteiger partial charge < -0.3 is 44.0 Å². The predicted molar refractivity (Wildman–Crippen MR) is 140 cm³/mol. The molecule has 0 aliphatic carbocycles. The van der Waals surface area contributed by atoms with Crippen LogP contribution in [0.1, 0.15) is 38.7 Å². The van der Waals surface area contributed by atoms with E-state index < -0.39 is 66.1 Å². The third-order valence-electron chi connectivity index (χ3n) is 5.48. The van der Waals surface area contributed by atoms with Crippen LogP contribution in [0.15, 0.2) is 35.3 Å². The molecule has 0 radical (unpaired) electrons. The normalized spacial score (nSPS) is 13.9. The second kappa shape index (κ2) is 15.8. The van der Waals surface area contributed by atoms with E-state index in [0.29, 0.717) is 0 Å². The Morgan fingerprint density at radius 1 is 0.895 bits per heavy atom. The van der Waals surface area contributed by atoms with Gasteiger partial charge in [0.1, 0.15) is 18.1 Å². The fourth-order valence-electron chi connectivity index (χ4n) is 3.46. The smallest absolute Gasteiger partial charge is 0.326 e. The highest BCUT2D eigenvalue weighted by Crippen LogP contribution is 2.07. The molecule has 0 aliphatic heterocycles. The Morgan fingerprint density at radius 3 is 2.03 bits per heavy atom. The largest absolute Gasteiger partial charge is 0.480 e. The number of carbonyl (C=O) groups excluding carboxylic acids is 4. The van der Waals surface area contributed by atoms with Gasteiger partial charge in [0.25, 0.3) is 0 Å². The fraction of sp³-hybridized carbons (Fsp3) is 0.500. The number of carboxylic acid groups (broad SMARTS) is 1. The van der Waals surface area contributed by atoms with E-state index in [-0.39, 0.29) is 31.8 Å². The minimum atomic E-state index is -1.48. The van der Waals surface area contributed by atoms with Crippen molar-refractivity contribution in [2.24, 2.45) is 33.8 Å². The van der Waals surface area contributed by atoms with Gasteiger partial charge in [-0.3, -0.25) is 24.2 Å². The molecular formula is C24H38N8O6. The lowest BCUT2D eigenvalue weighted by Crippen LogP contribution is -2.59. The third-order valence-corrected chi connectivity index (χ3v) is 5.48. The van der Waals surface area contributed by atoms with Gasteiger partial charge in [0.05, 0.1) is 12.5 Å². The number of hydrogen-bond donors (Lipinski definition) is 8. The Morgan fingerprint density at radius 2 is 1.50 bits per heavy atom. The van der Waals surface area contributed by atoms with Crippen LogP contribution in [-0.2, 0) is 30.4 Å². The lowest BCUT2D eigenvalue weighted by Gasteiger charge is -2.26. The minimum Gasteiger partial charge on any atom is -0.480 e. The van der Waals surface area contributed by atoms with Crippen molar-refractivity contribution in [2.45, 2.75) is 63.7 Å². The summed E-state index contributed by atoms with van der Waals surface area (Å²) in [6, 6.07) is 4.25. The van der Waals surface area contributed by atoms with E-state index >= 15 is 0 Å². The zero-order valence-corrected chi connectivity index (χ0v) is 21.6. The number of amides is 4. The van der Waals surface area contributed by atoms with Gasteiger partial charge in [-0.05, 0) is 30.7 Å². The lowest BCUT2D eigenvalue weighted by atomic mass is 10.0. The van der Waals surface area contributed by atoms with Crippen LogP contribution in [0, 0.1) is 5.92 Å². The molecule has 12 N–H and O–H groups in total. The quantitative estimate of drug-likeness (QED) is 0.0642. The monoisotopic (exact) mass is 534 g/mol. The molecule has 0 aliphatic rings. The van der Waals surface area contributed by atoms with Crippen LogP contribution in [0.25, 0.3) is 0 Å². The number of guanidine groups is 1. The van der Waals surface area contributed by atoms with Crippen LogP contribution in [0.2, 0.25) is 0 Å². The molecule has 1 rings (SSSR count). The summed E-state index contributed by atoms with van der Waals surface area (Å²) >= 11 is 0. The zero-order valence-electron chi connectivity index (χ0n) is 21.6. The summed E-state index contributed by atoms with van der Waals surface area (Å²) in [5, 5.41) is 16.7. The van der Waals surface area contributed by atoms with Crippen molar-refractivity contribution in [2.75, 3.05) is 6.54 Å². The molecule has 38 heavy (non-hydrogen) atoms. The van der Waals surface area contributed by atoms with Crippen LogP contribution in [-0.4, -0.2) is 71.4 Å². The minimum absolute atomic E-state index is 0.0148. The summed E-state index contributed by atoms with van der Waals surface area (Å²) in [5.74, 6) is -5.07. The highest BCUT2D eigenvalue weighted by molar-refractivity contribution is 5.96. The standard InChI is InChI=1S/C24H38N8O6/c1-13(2)19(32-20(34)15(25)11-14-7-4-3-5-8-14)22(36)31-17(12-18(26)33)21(35)30-16(23(37)38)9-6-10-29-24(27)28/h3-5,7-8,13,15-17,19H,6,9-12,25H2,1-2H3,(H2,26,33)(H,30,35)(H,31,36)(H,32,34)(H,37,38)(H4,27,28,29). The SMILES string of the molecule is CC(C)C(NC(=O)C(N)Cc1ccccc1)C(=O)NC(CC(N)=O)C(=O)NC(CCCN=C(N)N)C(=O)O. The van der Waals surface area contributed by atoms with Gasteiger partial charge in [0, 0.05) is 6.54 Å². The average molecular weight is 535 g/mol. The zero-order chi connectivity index (χ0) is 28.8. The molecule has 0 bridgehead atoms. The maximum absolute atomic E-state index is 13.0. The van der Waals surface area contributed by atoms with Crippen LogP contribution in [0.3, 0.4) is 0 Å². The molecule has 1 aromatic rings. The Kier molecular flexibility index (Phi) is 13.2. The number of nitrogens with zero attached hydrogens (tertiary/aromatic N) is 1. The fourth-order valence-corrected chi connectivity index (χ4v) is 3.46. The Balaban J connectivity index is 2.90. The Hall–Kier alpha value is -4.20. The third kappa shape index (κ3) is 11.7. The van der Waals surface area contributed by atoms with Crippen molar-refractivity contribution in [1.82, 2.24) is 16.0 Å². The van der Waals surface area contributed by atoms with E-state index in [0.717, 1.165) is 5.56 Å². The van der Waals surface area contributed by atoms with Crippen molar-refractivity contribution in [1.29, 1.82) is 0 Å². The molecule has 0 fully saturated rings. The van der Waals surface area contributed by atoms with Gasteiger partial charge in [0.2, 0.25) is 23.6 Å². The van der Waals surface area contributed by atoms with Crippen LogP contribution < -0.4 is 38.9 Å². The molecule has 4 amide bonds. The number of aliphatic imine (C=N–C) groups is 1. The lowest BCUT2D eigenvalue weighted by molar-refractivity contribution is -0.142. The van der Waals surface area contributed by atoms with Gasteiger partial charge in [0.15, 0.2) is 5.96 Å². The second-order valence-electron chi connectivity index (χ2n) is 9.11. The number of primary amides is 1. The first-order chi connectivity index (χ1) is 17.8. The average Bonchev–Trinajstić information content (AvgIpc) is 2.83. The molecule has 0 saturated heterocycles. The number of carboxylic acids is 1. The molecule has 14 nitrogen and oxygen atoms in total. The summed E-state index contributed by atoms with van der Waals surface area (Å²) in [4.78, 5) is 65.5. The molecule has 1 aromatic carbocycles. The molecule has 210 valence electrons. The second-order valence-corrected chi connectivity index (χ2v) is 9.11. The number of nitrogens with two attached hydrogens (primary N) is 4. The van der Waals surface area contributed by atoms with E-state index in [4.69, 9.17) is 22.9 Å². The number of hydrogen-bond acceptors (Lipinski definition) is 7. The van der Waals surface area contributed by atoms with Gasteiger partial charge in [-0.15, -0.1) is 0 Å². The maximum atomic E-state index is 13.0. The van der Waals surface area contributed by atoms with Crippen molar-refractivity contribution in [3.63, 3.8) is 0 Å². The highest BCUT2D eigenvalue weighted by atomic mass is 16.4. The van der Waals surface area contributed by atoms with Crippen molar-refractivity contribution in [3.8, 4) is 0 Å². The van der Waals surface area contributed by atoms with Crippen LogP contribution in [0.5, 0.6) is 0 Å². The van der Waals surface area contributed by atoms with Gasteiger partial charge in [-0.1, -0.05) is 44.2 Å². The first-order valence-electron chi connectivity index (χ1n) is 12.1. The van der Waals surface area contributed by atoms with E-state index in [1.54, 1.807) is 13.8 Å². The summed E-state index contributed by atoms with van der Waals surface area (Å²) < 4.78 is 0. The first-order valence-corrected chi connectivity index (χ1v) is 12.1. The predicted octanol–water partition coefficient (Wildman–Crippen LogP) is -2.32. The van der Waals surface area contributed by atoms with Crippen LogP contribution in [0.4, 0.5) is 0 Å².